The molecule has 3 fully saturated rings. The van der Waals surface area contributed by atoms with Crippen LogP contribution in [0.25, 0.3) is 0 Å². The molecule has 1 atom stereocenters. The van der Waals surface area contributed by atoms with Crippen LogP contribution in [0.5, 0.6) is 0 Å². The Bertz CT molecular complexity index is 657. The number of piperidine rings is 1. The second-order valence-corrected chi connectivity index (χ2v) is 9.80. The lowest BCUT2D eigenvalue weighted by atomic mass is 9.79. The predicted octanol–water partition coefficient (Wildman–Crippen LogP) is 4.02. The standard InChI is InChI=1S/C26H42N4O/c1-2-27-26(29-25-12-15-30(16-13-25)19-22-14-17-31-20-22)28-18-21-8-10-24(11-9-21)23-6-4-3-5-7-23/h3-7,21-22,24-25H,2,8-20H2,1H3,(H2,27,28,29). The third-order valence-corrected chi connectivity index (χ3v) is 7.44. The highest BCUT2D eigenvalue weighted by molar-refractivity contribution is 5.80. The zero-order chi connectivity index (χ0) is 21.3. The average molecular weight is 427 g/mol. The summed E-state index contributed by atoms with van der Waals surface area (Å²) in [4.78, 5) is 7.63. The molecule has 0 spiro atoms. The predicted molar refractivity (Wildman–Crippen MR) is 129 cm³/mol. The normalized spacial score (nSPS) is 28.5. The Labute approximate surface area is 189 Å². The average Bonchev–Trinajstić information content (AvgIpc) is 3.33. The maximum Gasteiger partial charge on any atom is 0.191 e. The molecule has 0 bridgehead atoms. The van der Waals surface area contributed by atoms with Gasteiger partial charge in [-0.15, -0.1) is 0 Å². The molecule has 2 heterocycles. The molecular weight excluding hydrogens is 384 g/mol. The van der Waals surface area contributed by atoms with Gasteiger partial charge in [0.2, 0.25) is 0 Å². The fourth-order valence-corrected chi connectivity index (χ4v) is 5.49. The minimum Gasteiger partial charge on any atom is -0.381 e. The number of hydrogen-bond acceptors (Lipinski definition) is 3. The molecule has 2 saturated heterocycles. The van der Waals surface area contributed by atoms with E-state index in [9.17, 15) is 0 Å². The summed E-state index contributed by atoms with van der Waals surface area (Å²) < 4.78 is 5.54. The molecular formula is C26H42N4O. The molecule has 1 unspecified atom stereocenters. The summed E-state index contributed by atoms with van der Waals surface area (Å²) in [5.41, 5.74) is 1.52. The van der Waals surface area contributed by atoms with E-state index in [0.29, 0.717) is 6.04 Å². The van der Waals surface area contributed by atoms with E-state index in [2.05, 4.69) is 52.8 Å². The third-order valence-electron chi connectivity index (χ3n) is 7.44. The van der Waals surface area contributed by atoms with Crippen molar-refractivity contribution >= 4 is 5.96 Å². The molecule has 5 nitrogen and oxygen atoms in total. The topological polar surface area (TPSA) is 48.9 Å². The molecule has 3 aliphatic rings. The molecule has 1 aliphatic carbocycles. The van der Waals surface area contributed by atoms with Gasteiger partial charge in [0.1, 0.15) is 0 Å². The van der Waals surface area contributed by atoms with Gasteiger partial charge in [0, 0.05) is 45.4 Å². The second kappa shape index (κ2) is 11.9. The Morgan fingerprint density at radius 1 is 1.00 bits per heavy atom. The number of rotatable bonds is 7. The van der Waals surface area contributed by atoms with Crippen molar-refractivity contribution in [2.45, 2.75) is 63.8 Å². The molecule has 2 aliphatic heterocycles. The fourth-order valence-electron chi connectivity index (χ4n) is 5.49. The lowest BCUT2D eigenvalue weighted by Crippen LogP contribution is -2.49. The van der Waals surface area contributed by atoms with Crippen LogP contribution in [0.1, 0.15) is 63.4 Å². The smallest absolute Gasteiger partial charge is 0.191 e. The molecule has 0 radical (unpaired) electrons. The molecule has 1 aromatic rings. The van der Waals surface area contributed by atoms with E-state index in [1.807, 2.05) is 0 Å². The summed E-state index contributed by atoms with van der Waals surface area (Å²) in [6.45, 7) is 9.56. The van der Waals surface area contributed by atoms with Crippen LogP contribution in [0.15, 0.2) is 35.3 Å². The number of nitrogens with zero attached hydrogens (tertiary/aromatic N) is 2. The first-order valence-corrected chi connectivity index (χ1v) is 12.7. The van der Waals surface area contributed by atoms with Crippen molar-refractivity contribution < 1.29 is 4.74 Å². The molecule has 2 N–H and O–H groups in total. The summed E-state index contributed by atoms with van der Waals surface area (Å²) in [6, 6.07) is 11.6. The van der Waals surface area contributed by atoms with Crippen molar-refractivity contribution in [2.24, 2.45) is 16.8 Å². The van der Waals surface area contributed by atoms with Crippen molar-refractivity contribution in [2.75, 3.05) is 45.9 Å². The summed E-state index contributed by atoms with van der Waals surface area (Å²) in [7, 11) is 0. The van der Waals surface area contributed by atoms with E-state index in [-0.39, 0.29) is 0 Å². The monoisotopic (exact) mass is 426 g/mol. The minimum absolute atomic E-state index is 0.544. The number of likely N-dealkylation sites (tertiary alicyclic amines) is 1. The van der Waals surface area contributed by atoms with Crippen molar-refractivity contribution in [1.29, 1.82) is 0 Å². The minimum atomic E-state index is 0.544. The van der Waals surface area contributed by atoms with Crippen LogP contribution in [0, 0.1) is 11.8 Å². The van der Waals surface area contributed by atoms with Crippen LogP contribution in [0.2, 0.25) is 0 Å². The highest BCUT2D eigenvalue weighted by atomic mass is 16.5. The number of guanidine groups is 1. The Balaban J connectivity index is 1.19. The Hall–Kier alpha value is -1.59. The molecule has 0 amide bonds. The summed E-state index contributed by atoms with van der Waals surface area (Å²) in [5, 5.41) is 7.22. The van der Waals surface area contributed by atoms with E-state index >= 15 is 0 Å². The van der Waals surface area contributed by atoms with Gasteiger partial charge in [-0.25, -0.2) is 0 Å². The molecule has 172 valence electrons. The Morgan fingerprint density at radius 3 is 2.45 bits per heavy atom. The fraction of sp³-hybridized carbons (Fsp3) is 0.731. The quantitative estimate of drug-likeness (QED) is 0.511. The molecule has 31 heavy (non-hydrogen) atoms. The maximum atomic E-state index is 5.54. The number of hydrogen-bond donors (Lipinski definition) is 2. The van der Waals surface area contributed by atoms with E-state index in [1.54, 1.807) is 0 Å². The van der Waals surface area contributed by atoms with Crippen LogP contribution < -0.4 is 10.6 Å². The first-order chi connectivity index (χ1) is 15.3. The van der Waals surface area contributed by atoms with E-state index in [4.69, 9.17) is 9.73 Å². The van der Waals surface area contributed by atoms with Gasteiger partial charge in [0.15, 0.2) is 5.96 Å². The Morgan fingerprint density at radius 2 is 1.77 bits per heavy atom. The third kappa shape index (κ3) is 6.95. The molecule has 1 saturated carbocycles. The van der Waals surface area contributed by atoms with E-state index in [1.165, 1.54) is 70.1 Å². The van der Waals surface area contributed by atoms with Gasteiger partial charge in [0.05, 0.1) is 6.61 Å². The second-order valence-electron chi connectivity index (χ2n) is 9.80. The van der Waals surface area contributed by atoms with Crippen LogP contribution in [0.3, 0.4) is 0 Å². The van der Waals surface area contributed by atoms with Gasteiger partial charge in [-0.1, -0.05) is 30.3 Å². The van der Waals surface area contributed by atoms with E-state index < -0.39 is 0 Å². The van der Waals surface area contributed by atoms with Gasteiger partial charge < -0.3 is 20.3 Å². The van der Waals surface area contributed by atoms with Gasteiger partial charge >= 0.3 is 0 Å². The zero-order valence-corrected chi connectivity index (χ0v) is 19.4. The molecule has 4 rings (SSSR count). The van der Waals surface area contributed by atoms with Crippen molar-refractivity contribution in [3.8, 4) is 0 Å². The Kier molecular flexibility index (Phi) is 8.65. The first-order valence-electron chi connectivity index (χ1n) is 12.7. The van der Waals surface area contributed by atoms with Crippen LogP contribution in [-0.2, 0) is 4.74 Å². The van der Waals surface area contributed by atoms with Gasteiger partial charge in [-0.05, 0) is 75.2 Å². The van der Waals surface area contributed by atoms with Crippen LogP contribution in [0.4, 0.5) is 0 Å². The summed E-state index contributed by atoms with van der Waals surface area (Å²) in [6.07, 6.45) is 8.86. The van der Waals surface area contributed by atoms with Gasteiger partial charge in [0.25, 0.3) is 0 Å². The number of aliphatic imine (C=N–C) groups is 1. The highest BCUT2D eigenvalue weighted by Crippen LogP contribution is 2.35. The van der Waals surface area contributed by atoms with E-state index in [0.717, 1.165) is 50.0 Å². The highest BCUT2D eigenvalue weighted by Gasteiger charge is 2.25. The SMILES string of the molecule is CCNC(=NCC1CCC(c2ccccc2)CC1)NC1CCN(CC2CCOC2)CC1. The van der Waals surface area contributed by atoms with Gasteiger partial charge in [-0.2, -0.15) is 0 Å². The number of benzene rings is 1. The lowest BCUT2D eigenvalue weighted by Gasteiger charge is -2.34. The summed E-state index contributed by atoms with van der Waals surface area (Å²) >= 11 is 0. The maximum absolute atomic E-state index is 5.54. The molecule has 1 aromatic carbocycles. The summed E-state index contributed by atoms with van der Waals surface area (Å²) in [5.74, 6) is 3.25. The zero-order valence-electron chi connectivity index (χ0n) is 19.4. The van der Waals surface area contributed by atoms with Crippen LogP contribution in [-0.4, -0.2) is 62.8 Å². The van der Waals surface area contributed by atoms with Crippen molar-refractivity contribution in [3.05, 3.63) is 35.9 Å². The van der Waals surface area contributed by atoms with Crippen LogP contribution >= 0.6 is 0 Å². The molecule has 5 heteroatoms. The number of ether oxygens (including phenoxy) is 1. The first kappa shape index (κ1) is 22.6. The molecule has 0 aromatic heterocycles. The van der Waals surface area contributed by atoms with Crippen molar-refractivity contribution in [3.63, 3.8) is 0 Å². The van der Waals surface area contributed by atoms with Gasteiger partial charge in [-0.3, -0.25) is 4.99 Å². The largest absolute Gasteiger partial charge is 0.381 e. The van der Waals surface area contributed by atoms with Crippen molar-refractivity contribution in [1.82, 2.24) is 15.5 Å². The number of nitrogens with one attached hydrogen (secondary N) is 2. The lowest BCUT2D eigenvalue weighted by molar-refractivity contribution is 0.150.